The van der Waals surface area contributed by atoms with Crippen LogP contribution in [-0.4, -0.2) is 0 Å². The molecule has 2 nitrogen and oxygen atoms in total. The van der Waals surface area contributed by atoms with E-state index in [1.54, 1.807) is 0 Å². The van der Waals surface area contributed by atoms with Gasteiger partial charge in [-0.3, -0.25) is 0 Å². The molecule has 0 aliphatic rings. The SMILES string of the molecule is CC(C)c1ccc(C(C)C)c(N)c1N. The fourth-order valence-corrected chi connectivity index (χ4v) is 1.68. The van der Waals surface area contributed by atoms with Crippen LogP contribution in [0.4, 0.5) is 11.4 Å². The van der Waals surface area contributed by atoms with E-state index < -0.39 is 0 Å². The normalized spacial score (nSPS) is 11.3. The third kappa shape index (κ3) is 1.84. The Morgan fingerprint density at radius 3 is 1.29 bits per heavy atom. The van der Waals surface area contributed by atoms with E-state index >= 15 is 0 Å². The van der Waals surface area contributed by atoms with Crippen molar-refractivity contribution in [3.8, 4) is 0 Å². The van der Waals surface area contributed by atoms with Gasteiger partial charge in [-0.1, -0.05) is 39.8 Å². The standard InChI is InChI=1S/C12H20N2/c1-7(2)9-5-6-10(8(3)4)12(14)11(9)13/h5-8H,13-14H2,1-4H3. The maximum absolute atomic E-state index is 6.00. The molecule has 0 heterocycles. The Labute approximate surface area is 86.3 Å². The molecule has 1 aromatic carbocycles. The molecule has 0 aliphatic heterocycles. The number of benzene rings is 1. The summed E-state index contributed by atoms with van der Waals surface area (Å²) >= 11 is 0. The fourth-order valence-electron chi connectivity index (χ4n) is 1.68. The zero-order valence-corrected chi connectivity index (χ0v) is 9.46. The van der Waals surface area contributed by atoms with Crippen LogP contribution in [0.3, 0.4) is 0 Å². The molecule has 1 aromatic rings. The molecule has 0 amide bonds. The van der Waals surface area contributed by atoms with E-state index in [4.69, 9.17) is 11.5 Å². The first-order valence-electron chi connectivity index (χ1n) is 5.12. The molecule has 0 saturated heterocycles. The average Bonchev–Trinajstić information content (AvgIpc) is 2.08. The quantitative estimate of drug-likeness (QED) is 0.707. The first-order chi connectivity index (χ1) is 6.45. The third-order valence-electron chi connectivity index (χ3n) is 2.60. The Morgan fingerprint density at radius 2 is 1.07 bits per heavy atom. The maximum Gasteiger partial charge on any atom is 0.0585 e. The highest BCUT2D eigenvalue weighted by Gasteiger charge is 2.12. The minimum atomic E-state index is 0.429. The molecule has 0 radical (unpaired) electrons. The van der Waals surface area contributed by atoms with Crippen LogP contribution >= 0.6 is 0 Å². The van der Waals surface area contributed by atoms with Gasteiger partial charge in [-0.25, -0.2) is 0 Å². The molecule has 4 N–H and O–H groups in total. The Kier molecular flexibility index (Phi) is 3.04. The van der Waals surface area contributed by atoms with Gasteiger partial charge in [0.25, 0.3) is 0 Å². The summed E-state index contributed by atoms with van der Waals surface area (Å²) in [6.45, 7) is 8.50. The Hall–Kier alpha value is -1.18. The van der Waals surface area contributed by atoms with Gasteiger partial charge in [0.05, 0.1) is 11.4 Å². The van der Waals surface area contributed by atoms with Gasteiger partial charge >= 0.3 is 0 Å². The van der Waals surface area contributed by atoms with Gasteiger partial charge in [-0.2, -0.15) is 0 Å². The lowest BCUT2D eigenvalue weighted by molar-refractivity contribution is 0.850. The number of hydrogen-bond acceptors (Lipinski definition) is 2. The second kappa shape index (κ2) is 3.91. The van der Waals surface area contributed by atoms with E-state index in [9.17, 15) is 0 Å². The molecule has 14 heavy (non-hydrogen) atoms. The van der Waals surface area contributed by atoms with Gasteiger partial charge in [0, 0.05) is 0 Å². The highest BCUT2D eigenvalue weighted by atomic mass is 14.7. The van der Waals surface area contributed by atoms with Crippen LogP contribution in [0.5, 0.6) is 0 Å². The summed E-state index contributed by atoms with van der Waals surface area (Å²) in [7, 11) is 0. The smallest absolute Gasteiger partial charge is 0.0585 e. The summed E-state index contributed by atoms with van der Waals surface area (Å²) in [5.41, 5.74) is 15.8. The van der Waals surface area contributed by atoms with Gasteiger partial charge < -0.3 is 11.5 Å². The number of anilines is 2. The lowest BCUT2D eigenvalue weighted by Gasteiger charge is -2.16. The Balaban J connectivity index is 3.26. The highest BCUT2D eigenvalue weighted by Crippen LogP contribution is 2.33. The fraction of sp³-hybridized carbons (Fsp3) is 0.500. The molecule has 0 atom stereocenters. The van der Waals surface area contributed by atoms with E-state index in [1.807, 2.05) is 0 Å². The van der Waals surface area contributed by atoms with Crippen LogP contribution in [-0.2, 0) is 0 Å². The van der Waals surface area contributed by atoms with Crippen molar-refractivity contribution in [1.29, 1.82) is 0 Å². The van der Waals surface area contributed by atoms with Gasteiger partial charge in [-0.15, -0.1) is 0 Å². The highest BCUT2D eigenvalue weighted by molar-refractivity contribution is 5.72. The lowest BCUT2D eigenvalue weighted by atomic mass is 9.93. The van der Waals surface area contributed by atoms with Crippen molar-refractivity contribution < 1.29 is 0 Å². The van der Waals surface area contributed by atoms with E-state index in [1.165, 1.54) is 0 Å². The number of rotatable bonds is 2. The second-order valence-electron chi connectivity index (χ2n) is 4.38. The van der Waals surface area contributed by atoms with E-state index in [0.29, 0.717) is 11.8 Å². The largest absolute Gasteiger partial charge is 0.397 e. The Bertz CT molecular complexity index is 294. The molecule has 0 fully saturated rings. The van der Waals surface area contributed by atoms with Gasteiger partial charge in [-0.05, 0) is 23.0 Å². The third-order valence-corrected chi connectivity index (χ3v) is 2.60. The van der Waals surface area contributed by atoms with Crippen LogP contribution in [0.1, 0.15) is 50.7 Å². The second-order valence-corrected chi connectivity index (χ2v) is 4.38. The summed E-state index contributed by atoms with van der Waals surface area (Å²) in [6, 6.07) is 4.18. The van der Waals surface area contributed by atoms with Gasteiger partial charge in [0.15, 0.2) is 0 Å². The lowest BCUT2D eigenvalue weighted by Crippen LogP contribution is -2.05. The minimum Gasteiger partial charge on any atom is -0.397 e. The van der Waals surface area contributed by atoms with Crippen molar-refractivity contribution in [2.45, 2.75) is 39.5 Å². The first-order valence-corrected chi connectivity index (χ1v) is 5.12. The van der Waals surface area contributed by atoms with Gasteiger partial charge in [0.1, 0.15) is 0 Å². The predicted molar refractivity (Wildman–Crippen MR) is 63.4 cm³/mol. The average molecular weight is 192 g/mol. The van der Waals surface area contributed by atoms with Crippen molar-refractivity contribution in [2.75, 3.05) is 11.5 Å². The predicted octanol–water partition coefficient (Wildman–Crippen LogP) is 3.10. The van der Waals surface area contributed by atoms with Crippen LogP contribution in [0, 0.1) is 0 Å². The van der Waals surface area contributed by atoms with Crippen molar-refractivity contribution in [3.05, 3.63) is 23.3 Å². The van der Waals surface area contributed by atoms with Crippen molar-refractivity contribution in [1.82, 2.24) is 0 Å². The van der Waals surface area contributed by atoms with Crippen LogP contribution in [0.2, 0.25) is 0 Å². The molecule has 0 saturated carbocycles. The molecule has 0 spiro atoms. The summed E-state index contributed by atoms with van der Waals surface area (Å²) in [6.07, 6.45) is 0. The first kappa shape index (κ1) is 10.9. The molecule has 0 aliphatic carbocycles. The van der Waals surface area contributed by atoms with Crippen molar-refractivity contribution >= 4 is 11.4 Å². The summed E-state index contributed by atoms with van der Waals surface area (Å²) < 4.78 is 0. The van der Waals surface area contributed by atoms with Crippen molar-refractivity contribution in [2.24, 2.45) is 0 Å². The van der Waals surface area contributed by atoms with E-state index in [0.717, 1.165) is 22.5 Å². The molecule has 0 bridgehead atoms. The molecule has 78 valence electrons. The topological polar surface area (TPSA) is 52.0 Å². The molecular formula is C12H20N2. The van der Waals surface area contributed by atoms with E-state index in [2.05, 4.69) is 39.8 Å². The molecule has 1 rings (SSSR count). The molecule has 2 heteroatoms. The summed E-state index contributed by atoms with van der Waals surface area (Å²) in [4.78, 5) is 0. The monoisotopic (exact) mass is 192 g/mol. The molecule has 0 unspecified atom stereocenters. The van der Waals surface area contributed by atoms with Crippen molar-refractivity contribution in [3.63, 3.8) is 0 Å². The zero-order valence-electron chi connectivity index (χ0n) is 9.46. The molecule has 0 aromatic heterocycles. The van der Waals surface area contributed by atoms with Crippen LogP contribution < -0.4 is 11.5 Å². The number of nitrogen functional groups attached to an aromatic ring is 2. The minimum absolute atomic E-state index is 0.429. The summed E-state index contributed by atoms with van der Waals surface area (Å²) in [5.74, 6) is 0.858. The number of hydrogen-bond donors (Lipinski definition) is 2. The Morgan fingerprint density at radius 1 is 0.786 bits per heavy atom. The molecular weight excluding hydrogens is 172 g/mol. The van der Waals surface area contributed by atoms with Crippen LogP contribution in [0.25, 0.3) is 0 Å². The maximum atomic E-state index is 6.00. The number of nitrogens with two attached hydrogens (primary N) is 2. The van der Waals surface area contributed by atoms with E-state index in [-0.39, 0.29) is 0 Å². The summed E-state index contributed by atoms with van der Waals surface area (Å²) in [5, 5.41) is 0. The zero-order chi connectivity index (χ0) is 10.9. The van der Waals surface area contributed by atoms with Gasteiger partial charge in [0.2, 0.25) is 0 Å². The van der Waals surface area contributed by atoms with Crippen LogP contribution in [0.15, 0.2) is 12.1 Å².